The Morgan fingerprint density at radius 3 is 2.25 bits per heavy atom. The van der Waals surface area contributed by atoms with Gasteiger partial charge in [0.25, 0.3) is 5.91 Å². The van der Waals surface area contributed by atoms with Crippen molar-refractivity contribution in [2.24, 2.45) is 0 Å². The summed E-state index contributed by atoms with van der Waals surface area (Å²) >= 11 is 0. The number of rotatable bonds is 4. The summed E-state index contributed by atoms with van der Waals surface area (Å²) in [6, 6.07) is 20.1. The molecule has 0 spiro atoms. The molecule has 1 heterocycles. The van der Waals surface area contributed by atoms with Gasteiger partial charge in [-0.3, -0.25) is 4.79 Å². The zero-order valence-electron chi connectivity index (χ0n) is 16.0. The highest BCUT2D eigenvalue weighted by molar-refractivity contribution is 6.03. The maximum Gasteiger partial charge on any atom is 0.256 e. The van der Waals surface area contributed by atoms with Crippen molar-refractivity contribution in [3.8, 4) is 6.07 Å². The molecule has 0 aliphatic carbocycles. The number of nitrogens with one attached hydrogen (secondary N) is 2. The van der Waals surface area contributed by atoms with Crippen molar-refractivity contribution in [2.45, 2.75) is 26.2 Å². The maximum absolute atomic E-state index is 12.4. The lowest BCUT2D eigenvalue weighted by Gasteiger charge is -2.19. The number of anilines is 3. The van der Waals surface area contributed by atoms with Crippen molar-refractivity contribution in [2.75, 3.05) is 10.6 Å². The molecule has 2 aromatic carbocycles. The van der Waals surface area contributed by atoms with Gasteiger partial charge < -0.3 is 10.6 Å². The zero-order chi connectivity index (χ0) is 20.1. The summed E-state index contributed by atoms with van der Waals surface area (Å²) < 4.78 is 0. The number of hydrogen-bond acceptors (Lipinski definition) is 5. The molecule has 0 unspecified atom stereocenters. The average Bonchev–Trinajstić information content (AvgIpc) is 2.69. The predicted octanol–water partition coefficient (Wildman–Crippen LogP) is 4.64. The Kier molecular flexibility index (Phi) is 5.37. The first-order valence-electron chi connectivity index (χ1n) is 8.88. The van der Waals surface area contributed by atoms with Gasteiger partial charge in [0, 0.05) is 11.3 Å². The summed E-state index contributed by atoms with van der Waals surface area (Å²) in [5, 5.41) is 22.9. The fourth-order valence-electron chi connectivity index (χ4n) is 2.59. The van der Waals surface area contributed by atoms with Crippen LogP contribution in [-0.2, 0) is 5.41 Å². The molecular weight excluding hydrogens is 350 g/mol. The van der Waals surface area contributed by atoms with E-state index in [0.29, 0.717) is 22.8 Å². The van der Waals surface area contributed by atoms with Crippen molar-refractivity contribution in [3.63, 3.8) is 0 Å². The first kappa shape index (κ1) is 19.1. The lowest BCUT2D eigenvalue weighted by Crippen LogP contribution is -2.15. The van der Waals surface area contributed by atoms with Gasteiger partial charge in [-0.15, -0.1) is 10.2 Å². The third kappa shape index (κ3) is 4.71. The number of carbonyl (C=O) groups excluding carboxylic acids is 1. The quantitative estimate of drug-likeness (QED) is 0.697. The van der Waals surface area contributed by atoms with Crippen LogP contribution in [0.5, 0.6) is 0 Å². The molecule has 0 radical (unpaired) electrons. The molecule has 2 N–H and O–H groups in total. The molecule has 0 aliphatic heterocycles. The Bertz CT molecular complexity index is 1010. The van der Waals surface area contributed by atoms with Crippen LogP contribution in [0.2, 0.25) is 0 Å². The van der Waals surface area contributed by atoms with E-state index in [-0.39, 0.29) is 11.3 Å². The summed E-state index contributed by atoms with van der Waals surface area (Å²) in [7, 11) is 0. The summed E-state index contributed by atoms with van der Waals surface area (Å²) in [5.74, 6) is 0.640. The van der Waals surface area contributed by atoms with Crippen LogP contribution in [0.25, 0.3) is 0 Å². The van der Waals surface area contributed by atoms with Crippen LogP contribution in [0, 0.1) is 11.3 Å². The van der Waals surface area contributed by atoms with Crippen LogP contribution in [0.4, 0.5) is 17.3 Å². The number of nitrogens with zero attached hydrogens (tertiary/aromatic N) is 3. The van der Waals surface area contributed by atoms with Gasteiger partial charge in [-0.2, -0.15) is 5.26 Å². The highest BCUT2D eigenvalue weighted by atomic mass is 16.1. The van der Waals surface area contributed by atoms with Crippen molar-refractivity contribution >= 4 is 23.2 Å². The monoisotopic (exact) mass is 371 g/mol. The van der Waals surface area contributed by atoms with Crippen LogP contribution in [-0.4, -0.2) is 16.1 Å². The molecule has 28 heavy (non-hydrogen) atoms. The first-order valence-corrected chi connectivity index (χ1v) is 8.88. The number of hydrogen-bond donors (Lipinski definition) is 2. The van der Waals surface area contributed by atoms with Gasteiger partial charge in [0.2, 0.25) is 0 Å². The van der Waals surface area contributed by atoms with E-state index in [4.69, 9.17) is 5.26 Å². The third-order valence-electron chi connectivity index (χ3n) is 4.18. The minimum atomic E-state index is -0.239. The normalized spacial score (nSPS) is 10.8. The lowest BCUT2D eigenvalue weighted by molar-refractivity contribution is 0.102. The van der Waals surface area contributed by atoms with Gasteiger partial charge in [-0.1, -0.05) is 39.0 Å². The van der Waals surface area contributed by atoms with E-state index in [1.165, 1.54) is 5.56 Å². The lowest BCUT2D eigenvalue weighted by atomic mass is 9.87. The third-order valence-corrected chi connectivity index (χ3v) is 4.18. The second kappa shape index (κ2) is 7.89. The van der Waals surface area contributed by atoms with Crippen molar-refractivity contribution < 1.29 is 4.79 Å². The topological polar surface area (TPSA) is 90.7 Å². The van der Waals surface area contributed by atoms with Crippen LogP contribution in [0.3, 0.4) is 0 Å². The minimum Gasteiger partial charge on any atom is -0.339 e. The summed E-state index contributed by atoms with van der Waals surface area (Å²) in [6.45, 7) is 6.39. The molecule has 1 amide bonds. The predicted molar refractivity (Wildman–Crippen MR) is 110 cm³/mol. The van der Waals surface area contributed by atoms with E-state index in [1.54, 1.807) is 42.5 Å². The van der Waals surface area contributed by atoms with E-state index < -0.39 is 0 Å². The van der Waals surface area contributed by atoms with Gasteiger partial charge >= 0.3 is 0 Å². The molecule has 140 valence electrons. The second-order valence-corrected chi connectivity index (χ2v) is 7.40. The molecule has 0 aliphatic rings. The van der Waals surface area contributed by atoms with Crippen LogP contribution < -0.4 is 10.6 Å². The Morgan fingerprint density at radius 1 is 0.964 bits per heavy atom. The van der Waals surface area contributed by atoms with Gasteiger partial charge in [-0.05, 0) is 53.4 Å². The highest BCUT2D eigenvalue weighted by Gasteiger charge is 2.14. The number of amides is 1. The van der Waals surface area contributed by atoms with Crippen molar-refractivity contribution in [3.05, 3.63) is 77.4 Å². The van der Waals surface area contributed by atoms with Gasteiger partial charge in [0.05, 0.1) is 11.6 Å². The van der Waals surface area contributed by atoms with Gasteiger partial charge in [0.15, 0.2) is 11.6 Å². The molecule has 6 heteroatoms. The SMILES string of the molecule is CC(C)(C)c1ccc(C(=O)Nc2ccc(Nc3cccc(C#N)c3)nn2)cc1. The molecule has 0 fully saturated rings. The second-order valence-electron chi connectivity index (χ2n) is 7.40. The number of carbonyl (C=O) groups is 1. The molecule has 0 saturated carbocycles. The fourth-order valence-corrected chi connectivity index (χ4v) is 2.59. The largest absolute Gasteiger partial charge is 0.339 e. The number of nitriles is 1. The summed E-state index contributed by atoms with van der Waals surface area (Å²) in [6.07, 6.45) is 0. The van der Waals surface area contributed by atoms with Crippen molar-refractivity contribution in [1.29, 1.82) is 5.26 Å². The average molecular weight is 371 g/mol. The Morgan fingerprint density at radius 2 is 1.64 bits per heavy atom. The highest BCUT2D eigenvalue weighted by Crippen LogP contribution is 2.22. The molecule has 0 bridgehead atoms. The summed E-state index contributed by atoms with van der Waals surface area (Å²) in [5.41, 5.74) is 3.06. The first-order chi connectivity index (χ1) is 13.3. The zero-order valence-corrected chi connectivity index (χ0v) is 16.0. The number of benzene rings is 2. The molecule has 1 aromatic heterocycles. The van der Waals surface area contributed by atoms with Gasteiger partial charge in [0.1, 0.15) is 0 Å². The Labute approximate surface area is 164 Å². The molecule has 6 nitrogen and oxygen atoms in total. The number of aromatic nitrogens is 2. The standard InChI is InChI=1S/C22H21N5O/c1-22(2,3)17-9-7-16(8-10-17)21(28)25-20-12-11-19(26-27-20)24-18-6-4-5-15(13-18)14-23/h4-13H,1-3H3,(H,24,26)(H,25,27,28). The molecule has 0 saturated heterocycles. The fraction of sp³-hybridized carbons (Fsp3) is 0.182. The molecule has 0 atom stereocenters. The maximum atomic E-state index is 12.4. The Balaban J connectivity index is 1.65. The molecule has 3 rings (SSSR count). The van der Waals surface area contributed by atoms with Crippen LogP contribution in [0.1, 0.15) is 42.3 Å². The van der Waals surface area contributed by atoms with E-state index in [9.17, 15) is 4.79 Å². The van der Waals surface area contributed by atoms with Crippen molar-refractivity contribution in [1.82, 2.24) is 10.2 Å². The smallest absolute Gasteiger partial charge is 0.256 e. The minimum absolute atomic E-state index is 0.0378. The molecular formula is C22H21N5O. The Hall–Kier alpha value is -3.72. The van der Waals surface area contributed by atoms with Crippen LogP contribution in [0.15, 0.2) is 60.7 Å². The van der Waals surface area contributed by atoms with E-state index in [2.05, 4.69) is 47.7 Å². The van der Waals surface area contributed by atoms with E-state index in [0.717, 1.165) is 5.69 Å². The molecule has 3 aromatic rings. The van der Waals surface area contributed by atoms with E-state index in [1.807, 2.05) is 18.2 Å². The van der Waals surface area contributed by atoms with Crippen LogP contribution >= 0.6 is 0 Å². The van der Waals surface area contributed by atoms with E-state index >= 15 is 0 Å². The van der Waals surface area contributed by atoms with Gasteiger partial charge in [-0.25, -0.2) is 0 Å². The summed E-state index contributed by atoms with van der Waals surface area (Å²) in [4.78, 5) is 12.4.